The number of rotatable bonds is 5. The molecule has 0 unspecified atom stereocenters. The van der Waals surface area contributed by atoms with Crippen molar-refractivity contribution >= 4 is 35.6 Å². The third-order valence-corrected chi connectivity index (χ3v) is 6.71. The van der Waals surface area contributed by atoms with E-state index in [-0.39, 0.29) is 17.6 Å². The van der Waals surface area contributed by atoms with Crippen molar-refractivity contribution in [2.45, 2.75) is 24.8 Å². The van der Waals surface area contributed by atoms with Crippen LogP contribution in [0.1, 0.15) is 39.2 Å². The van der Waals surface area contributed by atoms with Gasteiger partial charge in [0.1, 0.15) is 5.56 Å². The molecule has 1 spiro atoms. The van der Waals surface area contributed by atoms with E-state index >= 15 is 0 Å². The van der Waals surface area contributed by atoms with Gasteiger partial charge in [0.25, 0.3) is 5.91 Å². The Bertz CT molecular complexity index is 1270. The molecule has 2 aliphatic rings. The Balaban J connectivity index is 1.60. The third-order valence-electron chi connectivity index (χ3n) is 6.16. The van der Waals surface area contributed by atoms with E-state index in [1.807, 2.05) is 24.5 Å². The summed E-state index contributed by atoms with van der Waals surface area (Å²) in [6, 6.07) is 11.9. The molecule has 0 saturated heterocycles. The Hall–Kier alpha value is -3.46. The molecule has 0 fully saturated rings. The SMILES string of the molecule is CN=Cc1ccc(-n2nc3c(c2NC(=O)CSC)C(=O)N[C@@]2(CCc4ccccc42)C3)nc1. The third kappa shape index (κ3) is 3.72. The van der Waals surface area contributed by atoms with Gasteiger partial charge in [-0.05, 0) is 42.4 Å². The fraction of sp³-hybridized carbons (Fsp3) is 0.292. The van der Waals surface area contributed by atoms with Gasteiger partial charge in [0, 0.05) is 31.4 Å². The number of aryl methyl sites for hydroxylation is 1. The van der Waals surface area contributed by atoms with Crippen LogP contribution in [-0.2, 0) is 23.2 Å². The van der Waals surface area contributed by atoms with Crippen LogP contribution in [0.4, 0.5) is 5.82 Å². The fourth-order valence-electron chi connectivity index (χ4n) is 4.77. The predicted octanol–water partition coefficient (Wildman–Crippen LogP) is 2.75. The number of aromatic nitrogens is 3. The summed E-state index contributed by atoms with van der Waals surface area (Å²) in [5.41, 5.74) is 3.84. The lowest BCUT2D eigenvalue weighted by Crippen LogP contribution is -2.49. The molecule has 0 bridgehead atoms. The van der Waals surface area contributed by atoms with Crippen molar-refractivity contribution in [2.75, 3.05) is 24.4 Å². The normalized spacial score (nSPS) is 18.9. The number of aliphatic imine (C=N–C) groups is 1. The number of thioether (sulfide) groups is 1. The largest absolute Gasteiger partial charge is 0.342 e. The molecule has 1 aromatic carbocycles. The van der Waals surface area contributed by atoms with Crippen LogP contribution in [0.15, 0.2) is 47.6 Å². The molecular formula is C24H24N6O2S. The van der Waals surface area contributed by atoms with E-state index in [4.69, 9.17) is 5.10 Å². The van der Waals surface area contributed by atoms with E-state index in [1.54, 1.807) is 30.2 Å². The van der Waals surface area contributed by atoms with Crippen LogP contribution in [-0.4, -0.2) is 51.8 Å². The summed E-state index contributed by atoms with van der Waals surface area (Å²) in [5.74, 6) is 0.727. The lowest BCUT2D eigenvalue weighted by molar-refractivity contribution is -0.113. The average molecular weight is 461 g/mol. The summed E-state index contributed by atoms with van der Waals surface area (Å²) < 4.78 is 1.56. The Morgan fingerprint density at radius 2 is 2.18 bits per heavy atom. The van der Waals surface area contributed by atoms with Gasteiger partial charge in [0.2, 0.25) is 5.91 Å². The first kappa shape index (κ1) is 21.4. The van der Waals surface area contributed by atoms with Gasteiger partial charge >= 0.3 is 0 Å². The summed E-state index contributed by atoms with van der Waals surface area (Å²) in [6.45, 7) is 0. The first-order valence-corrected chi connectivity index (χ1v) is 12.1. The van der Waals surface area contributed by atoms with Crippen molar-refractivity contribution < 1.29 is 9.59 Å². The van der Waals surface area contributed by atoms with E-state index in [0.29, 0.717) is 29.3 Å². The monoisotopic (exact) mass is 460 g/mol. The molecule has 2 aromatic heterocycles. The topological polar surface area (TPSA) is 101 Å². The Morgan fingerprint density at radius 1 is 1.33 bits per heavy atom. The first-order valence-electron chi connectivity index (χ1n) is 10.7. The van der Waals surface area contributed by atoms with Crippen molar-refractivity contribution in [3.63, 3.8) is 0 Å². The molecule has 2 amide bonds. The minimum atomic E-state index is -0.477. The highest BCUT2D eigenvalue weighted by Gasteiger charge is 2.46. The van der Waals surface area contributed by atoms with Crippen LogP contribution in [0.25, 0.3) is 5.82 Å². The number of benzene rings is 1. The zero-order valence-electron chi connectivity index (χ0n) is 18.5. The highest BCUT2D eigenvalue weighted by molar-refractivity contribution is 7.99. The van der Waals surface area contributed by atoms with Crippen molar-refractivity contribution in [2.24, 2.45) is 4.99 Å². The fourth-order valence-corrected chi connectivity index (χ4v) is 5.10. The lowest BCUT2D eigenvalue weighted by atomic mass is 9.83. The lowest BCUT2D eigenvalue weighted by Gasteiger charge is -2.34. The number of anilines is 1. The highest BCUT2D eigenvalue weighted by Crippen LogP contribution is 2.43. The van der Waals surface area contributed by atoms with Crippen LogP contribution < -0.4 is 10.6 Å². The Morgan fingerprint density at radius 3 is 2.94 bits per heavy atom. The molecule has 1 aliphatic carbocycles. The minimum absolute atomic E-state index is 0.194. The van der Waals surface area contributed by atoms with Gasteiger partial charge in [-0.25, -0.2) is 4.98 Å². The Kier molecular flexibility index (Phi) is 5.49. The van der Waals surface area contributed by atoms with E-state index in [2.05, 4.69) is 32.7 Å². The van der Waals surface area contributed by atoms with Gasteiger partial charge in [-0.2, -0.15) is 21.5 Å². The van der Waals surface area contributed by atoms with Gasteiger partial charge in [0.15, 0.2) is 11.6 Å². The average Bonchev–Trinajstić information content (AvgIpc) is 3.34. The van der Waals surface area contributed by atoms with Crippen LogP contribution >= 0.6 is 11.8 Å². The summed E-state index contributed by atoms with van der Waals surface area (Å²) >= 11 is 1.41. The van der Waals surface area contributed by atoms with Crippen LogP contribution in [0.5, 0.6) is 0 Å². The number of amides is 2. The van der Waals surface area contributed by atoms with E-state index < -0.39 is 5.54 Å². The number of carbonyl (C=O) groups excluding carboxylic acids is 2. The second-order valence-electron chi connectivity index (χ2n) is 8.27. The zero-order valence-corrected chi connectivity index (χ0v) is 19.3. The van der Waals surface area contributed by atoms with Crippen LogP contribution in [0.2, 0.25) is 0 Å². The summed E-state index contributed by atoms with van der Waals surface area (Å²) in [6.07, 6.45) is 7.54. The quantitative estimate of drug-likeness (QED) is 0.570. The second kappa shape index (κ2) is 8.47. The molecular weight excluding hydrogens is 436 g/mol. The number of hydrogen-bond donors (Lipinski definition) is 2. The zero-order chi connectivity index (χ0) is 23.0. The van der Waals surface area contributed by atoms with E-state index in [9.17, 15) is 9.59 Å². The molecule has 2 N–H and O–H groups in total. The molecule has 3 heterocycles. The van der Waals surface area contributed by atoms with Gasteiger partial charge in [-0.3, -0.25) is 14.6 Å². The molecule has 8 nitrogen and oxygen atoms in total. The number of nitrogens with zero attached hydrogens (tertiary/aromatic N) is 4. The maximum Gasteiger partial charge on any atom is 0.257 e. The van der Waals surface area contributed by atoms with Gasteiger partial charge in [-0.1, -0.05) is 24.3 Å². The smallest absolute Gasteiger partial charge is 0.257 e. The molecule has 168 valence electrons. The van der Waals surface area contributed by atoms with Gasteiger partial charge in [-0.15, -0.1) is 0 Å². The molecule has 3 aromatic rings. The maximum absolute atomic E-state index is 13.4. The summed E-state index contributed by atoms with van der Waals surface area (Å²) in [4.78, 5) is 34.4. The number of pyridine rings is 1. The molecule has 5 rings (SSSR count). The van der Waals surface area contributed by atoms with Crippen LogP contribution in [0.3, 0.4) is 0 Å². The van der Waals surface area contributed by atoms with Crippen molar-refractivity contribution in [1.29, 1.82) is 0 Å². The molecule has 0 radical (unpaired) electrons. The van der Waals surface area contributed by atoms with Gasteiger partial charge < -0.3 is 10.6 Å². The molecule has 1 aliphatic heterocycles. The summed E-state index contributed by atoms with van der Waals surface area (Å²) in [5, 5.41) is 10.9. The molecule has 33 heavy (non-hydrogen) atoms. The molecule has 1 atom stereocenters. The standard InChI is InChI=1S/C24H24N6O2S/c1-25-12-15-7-8-19(26-13-15)30-22(27-20(31)14-33-2)21-18(29-30)11-24(28-23(21)32)10-9-16-5-3-4-6-17(16)24/h3-8,12-13H,9-11,14H2,1-2H3,(H,27,31)(H,28,32)/t24-/m0/s1. The Labute approximate surface area is 195 Å². The second-order valence-corrected chi connectivity index (χ2v) is 9.14. The molecule has 9 heteroatoms. The van der Waals surface area contributed by atoms with E-state index in [0.717, 1.165) is 24.0 Å². The number of carbonyl (C=O) groups is 2. The number of nitrogens with one attached hydrogen (secondary N) is 2. The van der Waals surface area contributed by atoms with E-state index in [1.165, 1.54) is 17.3 Å². The van der Waals surface area contributed by atoms with Gasteiger partial charge in [0.05, 0.1) is 17.0 Å². The van der Waals surface area contributed by atoms with Crippen LogP contribution in [0, 0.1) is 0 Å². The number of fused-ring (bicyclic) bond motifs is 3. The van der Waals surface area contributed by atoms with Crippen molar-refractivity contribution in [3.05, 3.63) is 70.5 Å². The maximum atomic E-state index is 13.4. The first-order chi connectivity index (χ1) is 16.0. The molecule has 0 saturated carbocycles. The summed E-state index contributed by atoms with van der Waals surface area (Å²) in [7, 11) is 1.70. The number of hydrogen-bond acceptors (Lipinski definition) is 6. The van der Waals surface area contributed by atoms with Crippen molar-refractivity contribution in [1.82, 2.24) is 20.1 Å². The minimum Gasteiger partial charge on any atom is -0.342 e. The predicted molar refractivity (Wildman–Crippen MR) is 129 cm³/mol. The highest BCUT2D eigenvalue weighted by atomic mass is 32.2. The van der Waals surface area contributed by atoms with Crippen molar-refractivity contribution in [3.8, 4) is 5.82 Å².